The van der Waals surface area contributed by atoms with Gasteiger partial charge in [-0.3, -0.25) is 9.59 Å². The Morgan fingerprint density at radius 1 is 1.13 bits per heavy atom. The first-order valence-corrected chi connectivity index (χ1v) is 12.5. The molecule has 10 heteroatoms. The molecule has 2 heterocycles. The number of likely N-dealkylation sites (tertiary alicyclic amines) is 1. The Balaban J connectivity index is 1.58. The van der Waals surface area contributed by atoms with Crippen LogP contribution < -0.4 is 10.1 Å². The molecular weight excluding hydrogens is 491 g/mol. The number of carbonyl (C=O) groups is 3. The van der Waals surface area contributed by atoms with Gasteiger partial charge in [0.1, 0.15) is 23.7 Å². The predicted octanol–water partition coefficient (Wildman–Crippen LogP) is 3.39. The van der Waals surface area contributed by atoms with Crippen LogP contribution in [0, 0.1) is 11.2 Å². The minimum atomic E-state index is -1.18. The van der Waals surface area contributed by atoms with Crippen LogP contribution in [0.15, 0.2) is 59.7 Å². The van der Waals surface area contributed by atoms with E-state index in [9.17, 15) is 18.8 Å². The van der Waals surface area contributed by atoms with Crippen LogP contribution in [0.25, 0.3) is 0 Å². The lowest BCUT2D eigenvalue weighted by molar-refractivity contribution is -0.141. The molecule has 0 radical (unpaired) electrons. The number of ether oxygens (including phenoxy) is 2. The molecule has 2 aliphatic rings. The summed E-state index contributed by atoms with van der Waals surface area (Å²) in [7, 11) is 1.61. The van der Waals surface area contributed by atoms with Gasteiger partial charge in [0, 0.05) is 26.6 Å². The van der Waals surface area contributed by atoms with Gasteiger partial charge in [0.15, 0.2) is 11.6 Å². The van der Waals surface area contributed by atoms with Crippen molar-refractivity contribution >= 4 is 23.6 Å². The smallest absolute Gasteiger partial charge is 0.408 e. The highest BCUT2D eigenvalue weighted by molar-refractivity contribution is 6.13. The van der Waals surface area contributed by atoms with Gasteiger partial charge >= 0.3 is 6.09 Å². The number of nitrogens with zero attached hydrogens (tertiary/aromatic N) is 3. The van der Waals surface area contributed by atoms with Crippen molar-refractivity contribution in [2.24, 2.45) is 10.5 Å². The Morgan fingerprint density at radius 2 is 1.82 bits per heavy atom. The summed E-state index contributed by atoms with van der Waals surface area (Å²) >= 11 is 0. The molecule has 2 aromatic carbocycles. The van der Waals surface area contributed by atoms with Crippen LogP contribution in [0.4, 0.5) is 9.18 Å². The number of hydrogen-bond acceptors (Lipinski definition) is 6. The third-order valence-corrected chi connectivity index (χ3v) is 6.50. The van der Waals surface area contributed by atoms with Gasteiger partial charge in [0.25, 0.3) is 5.91 Å². The van der Waals surface area contributed by atoms with Gasteiger partial charge in [-0.15, -0.1) is 0 Å². The number of rotatable bonds is 7. The zero-order valence-electron chi connectivity index (χ0n) is 22.1. The summed E-state index contributed by atoms with van der Waals surface area (Å²) < 4.78 is 25.1. The quantitative estimate of drug-likeness (QED) is 0.599. The zero-order valence-corrected chi connectivity index (χ0v) is 22.1. The van der Waals surface area contributed by atoms with Gasteiger partial charge in [-0.1, -0.05) is 42.5 Å². The van der Waals surface area contributed by atoms with Crippen LogP contribution in [0.2, 0.25) is 0 Å². The Kier molecular flexibility index (Phi) is 7.71. The second-order valence-electron chi connectivity index (χ2n) is 10.6. The first-order valence-electron chi connectivity index (χ1n) is 12.5. The van der Waals surface area contributed by atoms with E-state index in [0.29, 0.717) is 19.4 Å². The van der Waals surface area contributed by atoms with Crippen LogP contribution in [-0.4, -0.2) is 71.9 Å². The maximum absolute atomic E-state index is 14.2. The molecule has 0 aromatic heterocycles. The summed E-state index contributed by atoms with van der Waals surface area (Å²) in [6, 6.07) is 14.2. The summed E-state index contributed by atoms with van der Waals surface area (Å²) in [6.45, 7) is 5.20. The number of para-hydroxylation sites is 1. The van der Waals surface area contributed by atoms with E-state index in [4.69, 9.17) is 9.47 Å². The fourth-order valence-electron chi connectivity index (χ4n) is 4.80. The Hall–Kier alpha value is -3.95. The first kappa shape index (κ1) is 27.1. The van der Waals surface area contributed by atoms with E-state index in [2.05, 4.69) is 10.4 Å². The maximum atomic E-state index is 14.2. The van der Waals surface area contributed by atoms with Crippen LogP contribution in [0.1, 0.15) is 32.8 Å². The highest BCUT2D eigenvalue weighted by Crippen LogP contribution is 2.38. The fraction of sp³-hybridized carbons (Fsp3) is 0.429. The van der Waals surface area contributed by atoms with E-state index in [1.165, 1.54) is 23.2 Å². The number of amides is 3. The van der Waals surface area contributed by atoms with Crippen molar-refractivity contribution in [2.75, 3.05) is 26.7 Å². The molecule has 2 aliphatic heterocycles. The number of benzene rings is 2. The Bertz CT molecular complexity index is 1230. The molecule has 38 heavy (non-hydrogen) atoms. The SMILES string of the molecule is CN1N=C2CCN(C(=O)C(COc3ccccc3F)NC(=O)OC(C)(C)C)C[C@@]2(Cc2ccccc2)C1=O. The second-order valence-corrected chi connectivity index (χ2v) is 10.6. The number of hydrazone groups is 1. The Labute approximate surface area is 221 Å². The maximum Gasteiger partial charge on any atom is 0.408 e. The molecule has 2 aromatic rings. The van der Waals surface area contributed by atoms with Crippen molar-refractivity contribution < 1.29 is 28.2 Å². The molecule has 0 aliphatic carbocycles. The predicted molar refractivity (Wildman–Crippen MR) is 139 cm³/mol. The molecule has 202 valence electrons. The van der Waals surface area contributed by atoms with Gasteiger partial charge in [-0.25, -0.2) is 14.2 Å². The molecule has 3 amide bonds. The van der Waals surface area contributed by atoms with Crippen molar-refractivity contribution in [1.82, 2.24) is 15.2 Å². The molecule has 1 saturated heterocycles. The average Bonchev–Trinajstić information content (AvgIpc) is 3.10. The van der Waals surface area contributed by atoms with Gasteiger partial charge in [0.05, 0.1) is 5.71 Å². The van der Waals surface area contributed by atoms with Crippen LogP contribution in [-0.2, 0) is 20.7 Å². The topological polar surface area (TPSA) is 101 Å². The lowest BCUT2D eigenvalue weighted by Crippen LogP contribution is -2.60. The van der Waals surface area contributed by atoms with Crippen LogP contribution in [0.5, 0.6) is 5.75 Å². The molecule has 1 fully saturated rings. The third-order valence-electron chi connectivity index (χ3n) is 6.50. The number of hydrogen-bond donors (Lipinski definition) is 1. The number of alkyl carbamates (subject to hydrolysis) is 1. The Morgan fingerprint density at radius 3 is 2.50 bits per heavy atom. The number of piperidine rings is 1. The number of carbonyl (C=O) groups excluding carboxylic acids is 3. The molecular formula is C28H33FN4O5. The van der Waals surface area contributed by atoms with Gasteiger partial charge < -0.3 is 19.7 Å². The van der Waals surface area contributed by atoms with Gasteiger partial charge in [0.2, 0.25) is 5.91 Å². The zero-order chi connectivity index (χ0) is 27.5. The van der Waals surface area contributed by atoms with Crippen LogP contribution >= 0.6 is 0 Å². The summed E-state index contributed by atoms with van der Waals surface area (Å²) in [5, 5.41) is 8.39. The highest BCUT2D eigenvalue weighted by Gasteiger charge is 2.54. The van der Waals surface area contributed by atoms with E-state index in [-0.39, 0.29) is 24.8 Å². The minimum Gasteiger partial charge on any atom is -0.488 e. The van der Waals surface area contributed by atoms with Crippen molar-refractivity contribution in [2.45, 2.75) is 45.3 Å². The molecule has 1 unspecified atom stereocenters. The standard InChI is InChI=1S/C28H33FN4O5/c1-27(2,3)38-26(36)30-21(17-37-22-13-9-8-12-20(22)29)24(34)33-15-14-23-28(18-33,25(35)32(4)31-23)16-19-10-6-5-7-11-19/h5-13,21H,14-18H2,1-4H3,(H,30,36)/t21?,28-/m1/s1. The second kappa shape index (κ2) is 10.8. The average molecular weight is 525 g/mol. The van der Waals surface area contributed by atoms with E-state index in [1.807, 2.05) is 30.3 Å². The number of nitrogens with one attached hydrogen (secondary N) is 1. The summed E-state index contributed by atoms with van der Waals surface area (Å²) in [4.78, 5) is 41.3. The molecule has 1 N–H and O–H groups in total. The van der Waals surface area contributed by atoms with Gasteiger partial charge in [-0.2, -0.15) is 5.10 Å². The van der Waals surface area contributed by atoms with Crippen LogP contribution in [0.3, 0.4) is 0 Å². The number of fused-ring (bicyclic) bond motifs is 1. The molecule has 0 saturated carbocycles. The molecule has 2 atom stereocenters. The molecule has 0 bridgehead atoms. The fourth-order valence-corrected chi connectivity index (χ4v) is 4.80. The highest BCUT2D eigenvalue weighted by atomic mass is 19.1. The van der Waals surface area contributed by atoms with Crippen molar-refractivity contribution in [3.8, 4) is 5.75 Å². The monoisotopic (exact) mass is 524 g/mol. The lowest BCUT2D eigenvalue weighted by Gasteiger charge is -2.40. The lowest BCUT2D eigenvalue weighted by atomic mass is 9.73. The van der Waals surface area contributed by atoms with E-state index >= 15 is 0 Å². The molecule has 4 rings (SSSR count). The molecule has 0 spiro atoms. The van der Waals surface area contributed by atoms with E-state index < -0.39 is 34.9 Å². The van der Waals surface area contributed by atoms with Gasteiger partial charge in [-0.05, 0) is 44.9 Å². The largest absolute Gasteiger partial charge is 0.488 e. The minimum absolute atomic E-state index is 0.0440. The summed E-state index contributed by atoms with van der Waals surface area (Å²) in [5.41, 5.74) is -0.116. The summed E-state index contributed by atoms with van der Waals surface area (Å²) in [5.74, 6) is -1.28. The first-order chi connectivity index (χ1) is 18.0. The molecule has 9 nitrogen and oxygen atoms in total. The van der Waals surface area contributed by atoms with Crippen molar-refractivity contribution in [3.05, 3.63) is 66.0 Å². The van der Waals surface area contributed by atoms with E-state index in [1.54, 1.807) is 38.8 Å². The third kappa shape index (κ3) is 5.95. The number of halogens is 1. The van der Waals surface area contributed by atoms with Crippen molar-refractivity contribution in [1.29, 1.82) is 0 Å². The van der Waals surface area contributed by atoms with E-state index in [0.717, 1.165) is 11.3 Å². The van der Waals surface area contributed by atoms with Crippen molar-refractivity contribution in [3.63, 3.8) is 0 Å². The summed E-state index contributed by atoms with van der Waals surface area (Å²) in [6.07, 6.45) is -0.0137. The normalized spacial score (nSPS) is 19.9.